The van der Waals surface area contributed by atoms with Crippen LogP contribution in [-0.4, -0.2) is 33.2 Å². The molecule has 0 saturated heterocycles. The van der Waals surface area contributed by atoms with Crippen LogP contribution in [0.3, 0.4) is 0 Å². The highest BCUT2D eigenvalue weighted by Gasteiger charge is 2.42. The van der Waals surface area contributed by atoms with Crippen molar-refractivity contribution in [2.75, 3.05) is 0 Å². The normalized spacial score (nSPS) is 11.4. The molecular weight excluding hydrogens is 365 g/mol. The summed E-state index contributed by atoms with van der Waals surface area (Å²) in [5.41, 5.74) is 2.76. The van der Waals surface area contributed by atoms with E-state index in [4.69, 9.17) is 0 Å². The maximum atomic E-state index is 12.0. The summed E-state index contributed by atoms with van der Waals surface area (Å²) in [5, 5.41) is 4.07. The van der Waals surface area contributed by atoms with Crippen molar-refractivity contribution < 1.29 is 32.2 Å². The molecule has 0 radical (unpaired) electrons. The van der Waals surface area contributed by atoms with Crippen molar-refractivity contribution in [2.24, 2.45) is 0 Å². The molecular formula is C17H12F3N4O3+. The van der Waals surface area contributed by atoms with Gasteiger partial charge in [-0.2, -0.15) is 13.2 Å². The molecule has 10 heteroatoms. The summed E-state index contributed by atoms with van der Waals surface area (Å²) >= 11 is 0. The summed E-state index contributed by atoms with van der Waals surface area (Å²) in [7, 11) is 0. The van der Waals surface area contributed by atoms with Crippen molar-refractivity contribution >= 4 is 23.0 Å². The van der Waals surface area contributed by atoms with Crippen LogP contribution in [-0.2, 0) is 20.9 Å². The monoisotopic (exact) mass is 377 g/mol. The van der Waals surface area contributed by atoms with E-state index in [9.17, 15) is 22.8 Å². The van der Waals surface area contributed by atoms with Crippen LogP contribution in [0.5, 0.6) is 0 Å². The Balaban J connectivity index is 1.63. The number of halogens is 3. The van der Waals surface area contributed by atoms with E-state index in [1.165, 1.54) is 17.1 Å². The molecule has 7 nitrogen and oxygen atoms in total. The van der Waals surface area contributed by atoms with Gasteiger partial charge in [-0.1, -0.05) is 16.8 Å². The number of ether oxygens (including phenoxy) is 1. The zero-order valence-corrected chi connectivity index (χ0v) is 13.7. The van der Waals surface area contributed by atoms with Gasteiger partial charge in [0.15, 0.2) is 12.7 Å². The van der Waals surface area contributed by atoms with E-state index in [1.807, 2.05) is 24.3 Å². The van der Waals surface area contributed by atoms with Gasteiger partial charge in [-0.15, -0.1) is 0 Å². The first-order valence-corrected chi connectivity index (χ1v) is 7.73. The summed E-state index contributed by atoms with van der Waals surface area (Å²) in [5.74, 6) is -3.81. The Labute approximate surface area is 150 Å². The lowest BCUT2D eigenvalue weighted by Crippen LogP contribution is -2.39. The number of benzene rings is 1. The molecule has 0 atom stereocenters. The van der Waals surface area contributed by atoms with Crippen molar-refractivity contribution in [1.82, 2.24) is 15.1 Å². The number of alkyl halides is 3. The second-order valence-corrected chi connectivity index (χ2v) is 5.43. The predicted molar refractivity (Wildman–Crippen MR) is 84.7 cm³/mol. The van der Waals surface area contributed by atoms with E-state index in [0.717, 1.165) is 11.0 Å². The fraction of sp³-hybridized carbons (Fsp3) is 0.176. The molecule has 2 aromatic heterocycles. The van der Waals surface area contributed by atoms with Crippen molar-refractivity contribution in [3.8, 4) is 11.3 Å². The first kappa shape index (κ1) is 18.4. The largest absolute Gasteiger partial charge is 0.491 e. The van der Waals surface area contributed by atoms with Gasteiger partial charge in [0.05, 0.1) is 22.9 Å². The van der Waals surface area contributed by atoms with E-state index in [1.54, 1.807) is 12.3 Å². The third kappa shape index (κ3) is 4.60. The maximum Gasteiger partial charge on any atom is 0.491 e. The molecule has 0 aliphatic heterocycles. The smallest absolute Gasteiger partial charge is 0.386 e. The van der Waals surface area contributed by atoms with Crippen LogP contribution in [0.4, 0.5) is 13.2 Å². The number of aryl methyl sites for hydroxylation is 1. The topological polar surface area (TPSA) is 85.9 Å². The molecule has 0 fully saturated rings. The summed E-state index contributed by atoms with van der Waals surface area (Å²) < 4.78 is 41.1. The van der Waals surface area contributed by atoms with Crippen LogP contribution in [0, 0.1) is 0 Å². The molecule has 0 aliphatic carbocycles. The highest BCUT2D eigenvalue weighted by Crippen LogP contribution is 2.18. The quantitative estimate of drug-likeness (QED) is 0.393. The standard InChI is InChI=1S/C17H12F3N4O3/c18-17(19,20)16(26)27-15(25)6-8-24-7-5-11(9-22-24)14-10-21-12-3-1-2-4-13(12)23-14/h1-5,7,9-10H,6,8H2/q+1. The minimum atomic E-state index is -5.20. The van der Waals surface area contributed by atoms with Gasteiger partial charge in [0, 0.05) is 11.6 Å². The number of fused-ring (bicyclic) bond motifs is 1. The van der Waals surface area contributed by atoms with E-state index in [2.05, 4.69) is 19.8 Å². The fourth-order valence-electron chi connectivity index (χ4n) is 2.18. The lowest BCUT2D eigenvalue weighted by Gasteiger charge is -2.04. The molecule has 0 N–H and O–H groups in total. The number of nitrogens with zero attached hydrogens (tertiary/aromatic N) is 4. The molecule has 0 spiro atoms. The minimum Gasteiger partial charge on any atom is -0.386 e. The van der Waals surface area contributed by atoms with Crippen LogP contribution in [0.15, 0.2) is 48.9 Å². The minimum absolute atomic E-state index is 0.0480. The summed E-state index contributed by atoms with van der Waals surface area (Å²) in [6, 6.07) is 9.05. The van der Waals surface area contributed by atoms with E-state index in [-0.39, 0.29) is 6.54 Å². The molecule has 3 rings (SSSR count). The van der Waals surface area contributed by atoms with Crippen LogP contribution in [0.1, 0.15) is 6.42 Å². The zero-order valence-electron chi connectivity index (χ0n) is 13.7. The molecule has 0 amide bonds. The van der Waals surface area contributed by atoms with Crippen LogP contribution in [0.25, 0.3) is 22.3 Å². The molecule has 27 heavy (non-hydrogen) atoms. The van der Waals surface area contributed by atoms with Gasteiger partial charge < -0.3 is 4.74 Å². The van der Waals surface area contributed by atoms with Crippen molar-refractivity contribution in [3.63, 3.8) is 0 Å². The molecule has 2 heterocycles. The lowest BCUT2D eigenvalue weighted by atomic mass is 10.2. The van der Waals surface area contributed by atoms with E-state index in [0.29, 0.717) is 11.3 Å². The van der Waals surface area contributed by atoms with Gasteiger partial charge in [0.1, 0.15) is 12.6 Å². The van der Waals surface area contributed by atoms with Crippen LogP contribution in [0.2, 0.25) is 0 Å². The van der Waals surface area contributed by atoms with Crippen molar-refractivity contribution in [3.05, 3.63) is 48.9 Å². The first-order chi connectivity index (χ1) is 12.8. The van der Waals surface area contributed by atoms with Gasteiger partial charge in [-0.05, 0) is 17.2 Å². The summed E-state index contributed by atoms with van der Waals surface area (Å²) in [6.07, 6.45) is -1.02. The van der Waals surface area contributed by atoms with Gasteiger partial charge >= 0.3 is 18.1 Å². The van der Waals surface area contributed by atoms with E-state index < -0.39 is 24.5 Å². The average Bonchev–Trinajstić information content (AvgIpc) is 2.65. The number of carbonyl (C=O) groups is 2. The number of rotatable bonds is 4. The lowest BCUT2D eigenvalue weighted by molar-refractivity contribution is -0.752. The second-order valence-electron chi connectivity index (χ2n) is 5.43. The average molecular weight is 377 g/mol. The molecule has 138 valence electrons. The molecule has 0 bridgehead atoms. The summed E-state index contributed by atoms with van der Waals surface area (Å²) in [6.45, 7) is -0.0480. The Morgan fingerprint density at radius 2 is 1.81 bits per heavy atom. The van der Waals surface area contributed by atoms with Gasteiger partial charge in [-0.25, -0.2) is 9.78 Å². The number of esters is 2. The van der Waals surface area contributed by atoms with Crippen LogP contribution >= 0.6 is 0 Å². The molecule has 0 aliphatic rings. The Hall–Kier alpha value is -3.43. The Morgan fingerprint density at radius 1 is 1.07 bits per heavy atom. The number of aromatic nitrogens is 4. The number of para-hydroxylation sites is 2. The fourth-order valence-corrected chi connectivity index (χ4v) is 2.18. The molecule has 0 saturated carbocycles. The van der Waals surface area contributed by atoms with Crippen LogP contribution < -0.4 is 4.68 Å². The Morgan fingerprint density at radius 3 is 2.48 bits per heavy atom. The molecule has 0 unspecified atom stereocenters. The first-order valence-electron chi connectivity index (χ1n) is 7.73. The third-order valence-electron chi connectivity index (χ3n) is 3.50. The highest BCUT2D eigenvalue weighted by molar-refractivity contribution is 5.88. The Bertz CT molecular complexity index is 991. The highest BCUT2D eigenvalue weighted by atomic mass is 19.4. The van der Waals surface area contributed by atoms with Gasteiger partial charge in [0.2, 0.25) is 0 Å². The number of hydrogen-bond donors (Lipinski definition) is 0. The number of carbonyl (C=O) groups excluding carboxylic acids is 2. The molecule has 1 aromatic carbocycles. The Kier molecular flexibility index (Phi) is 5.06. The second kappa shape index (κ2) is 7.44. The number of hydrogen-bond acceptors (Lipinski definition) is 6. The van der Waals surface area contributed by atoms with Gasteiger partial charge in [-0.3, -0.25) is 9.78 Å². The zero-order chi connectivity index (χ0) is 19.4. The summed E-state index contributed by atoms with van der Waals surface area (Å²) in [4.78, 5) is 30.6. The maximum absolute atomic E-state index is 12.0. The van der Waals surface area contributed by atoms with Crippen molar-refractivity contribution in [2.45, 2.75) is 19.1 Å². The van der Waals surface area contributed by atoms with Gasteiger partial charge in [0.25, 0.3) is 0 Å². The van der Waals surface area contributed by atoms with Crippen molar-refractivity contribution in [1.29, 1.82) is 0 Å². The SMILES string of the molecule is O=C(CC[n+]1ccc(-c2cnc3ccccc3n2)cn1)OC(=O)C(F)(F)F. The predicted octanol–water partition coefficient (Wildman–Crippen LogP) is 2.00. The third-order valence-corrected chi connectivity index (χ3v) is 3.50. The van der Waals surface area contributed by atoms with E-state index >= 15 is 0 Å². The molecule has 3 aromatic rings.